The number of nitrogens with zero attached hydrogens (tertiary/aromatic N) is 2. The van der Waals surface area contributed by atoms with E-state index in [2.05, 4.69) is 29.5 Å². The molecule has 3 heteroatoms. The van der Waals surface area contributed by atoms with E-state index in [1.165, 1.54) is 21.7 Å². The third kappa shape index (κ3) is 1.75. The molecule has 2 nitrogen and oxygen atoms in total. The number of hydrogen-bond acceptors (Lipinski definition) is 2. The molecule has 0 N–H and O–H groups in total. The Labute approximate surface area is 93.9 Å². The van der Waals surface area contributed by atoms with Crippen molar-refractivity contribution in [3.05, 3.63) is 34.2 Å². The van der Waals surface area contributed by atoms with Gasteiger partial charge in [0.05, 0.1) is 11.9 Å². The molecule has 0 fully saturated rings. The van der Waals surface area contributed by atoms with Crippen molar-refractivity contribution < 1.29 is 0 Å². The maximum absolute atomic E-state index is 4.30. The molecular weight excluding hydrogens is 204 g/mol. The minimum absolute atomic E-state index is 1.18. The summed E-state index contributed by atoms with van der Waals surface area (Å²) in [5.74, 6) is 0. The van der Waals surface area contributed by atoms with E-state index in [9.17, 15) is 0 Å². The van der Waals surface area contributed by atoms with E-state index in [4.69, 9.17) is 0 Å². The molecule has 0 aliphatic rings. The van der Waals surface area contributed by atoms with Crippen LogP contribution in [0.2, 0.25) is 0 Å². The lowest BCUT2D eigenvalue weighted by atomic mass is 10.1. The van der Waals surface area contributed by atoms with Gasteiger partial charge in [0.15, 0.2) is 0 Å². The van der Waals surface area contributed by atoms with E-state index in [1.54, 1.807) is 11.3 Å². The van der Waals surface area contributed by atoms with Gasteiger partial charge in [0, 0.05) is 23.1 Å². The molecule has 15 heavy (non-hydrogen) atoms. The first-order valence-electron chi connectivity index (χ1n) is 4.93. The molecule has 0 atom stereocenters. The summed E-state index contributed by atoms with van der Waals surface area (Å²) in [6.07, 6.45) is 6.05. The second-order valence-corrected chi connectivity index (χ2v) is 4.58. The lowest BCUT2D eigenvalue weighted by Gasteiger charge is -2.02. The largest absolute Gasteiger partial charge is 0.267 e. The normalized spacial score (nSPS) is 11.4. The van der Waals surface area contributed by atoms with Gasteiger partial charge in [0.1, 0.15) is 0 Å². The van der Waals surface area contributed by atoms with E-state index in [0.717, 1.165) is 0 Å². The van der Waals surface area contributed by atoms with Gasteiger partial charge in [-0.05, 0) is 25.3 Å². The van der Waals surface area contributed by atoms with Crippen molar-refractivity contribution in [1.29, 1.82) is 0 Å². The lowest BCUT2D eigenvalue weighted by molar-refractivity contribution is 0.775. The molecule has 0 radical (unpaired) electrons. The van der Waals surface area contributed by atoms with Crippen molar-refractivity contribution in [3.8, 4) is 11.3 Å². The van der Waals surface area contributed by atoms with Crippen molar-refractivity contribution >= 4 is 17.4 Å². The van der Waals surface area contributed by atoms with Gasteiger partial charge in [-0.2, -0.15) is 5.10 Å². The average molecular weight is 218 g/mol. The molecule has 0 saturated heterocycles. The van der Waals surface area contributed by atoms with E-state index in [-0.39, 0.29) is 0 Å². The zero-order valence-electron chi connectivity index (χ0n) is 9.19. The van der Waals surface area contributed by atoms with Gasteiger partial charge in [0.2, 0.25) is 0 Å². The fourth-order valence-electron chi connectivity index (χ4n) is 1.72. The van der Waals surface area contributed by atoms with Gasteiger partial charge < -0.3 is 0 Å². The molecule has 0 saturated carbocycles. The number of hydrogen-bond donors (Lipinski definition) is 0. The molecule has 0 spiro atoms. The van der Waals surface area contributed by atoms with Crippen LogP contribution in [-0.2, 0) is 7.05 Å². The molecule has 0 aliphatic heterocycles. The molecule has 2 rings (SSSR count). The second-order valence-electron chi connectivity index (χ2n) is 3.46. The molecule has 0 aliphatic carbocycles. The Bertz CT molecular complexity index is 491. The zero-order valence-corrected chi connectivity index (χ0v) is 10.0. The van der Waals surface area contributed by atoms with E-state index in [1.807, 2.05) is 30.9 Å². The van der Waals surface area contributed by atoms with Crippen LogP contribution in [0.4, 0.5) is 0 Å². The predicted molar refractivity (Wildman–Crippen MR) is 66.0 cm³/mol. The van der Waals surface area contributed by atoms with Crippen molar-refractivity contribution in [2.45, 2.75) is 13.8 Å². The van der Waals surface area contributed by atoms with Crippen LogP contribution in [0.1, 0.15) is 17.4 Å². The molecule has 0 bridgehead atoms. The summed E-state index contributed by atoms with van der Waals surface area (Å²) in [6, 6.07) is 2.16. The summed E-state index contributed by atoms with van der Waals surface area (Å²) in [7, 11) is 1.99. The van der Waals surface area contributed by atoms with E-state index >= 15 is 0 Å². The molecular formula is C12H14N2S. The highest BCUT2D eigenvalue weighted by atomic mass is 32.1. The third-order valence-electron chi connectivity index (χ3n) is 2.43. The van der Waals surface area contributed by atoms with Gasteiger partial charge in [-0.15, -0.1) is 11.3 Å². The summed E-state index contributed by atoms with van der Waals surface area (Å²) in [5, 5.41) is 6.42. The minimum Gasteiger partial charge on any atom is -0.267 e. The maximum Gasteiger partial charge on any atom is 0.0762 e. The highest BCUT2D eigenvalue weighted by molar-refractivity contribution is 7.10. The predicted octanol–water partition coefficient (Wildman–Crippen LogP) is 3.49. The fraction of sp³-hybridized carbons (Fsp3) is 0.250. The fourth-order valence-corrected chi connectivity index (χ4v) is 2.42. The van der Waals surface area contributed by atoms with E-state index < -0.39 is 0 Å². The summed E-state index contributed by atoms with van der Waals surface area (Å²) in [5.41, 5.74) is 3.67. The second kappa shape index (κ2) is 4.03. The summed E-state index contributed by atoms with van der Waals surface area (Å²) >= 11 is 1.77. The first-order chi connectivity index (χ1) is 7.24. The summed E-state index contributed by atoms with van der Waals surface area (Å²) in [4.78, 5) is 1.34. The van der Waals surface area contributed by atoms with Gasteiger partial charge in [-0.3, -0.25) is 4.68 Å². The van der Waals surface area contributed by atoms with Crippen LogP contribution < -0.4 is 0 Å². The van der Waals surface area contributed by atoms with Crippen molar-refractivity contribution in [2.24, 2.45) is 7.05 Å². The highest BCUT2D eigenvalue weighted by Crippen LogP contribution is 2.30. The first kappa shape index (κ1) is 10.2. The lowest BCUT2D eigenvalue weighted by Crippen LogP contribution is -1.94. The van der Waals surface area contributed by atoms with Crippen LogP contribution in [-0.4, -0.2) is 9.78 Å². The monoisotopic (exact) mass is 218 g/mol. The standard InChI is InChI=1S/C12H14N2S/c1-4-5-10-8-13-14(3)12(10)11-6-7-15-9(11)2/h4-8H,1-3H3/b5-4+. The Hall–Kier alpha value is -1.35. The smallest absolute Gasteiger partial charge is 0.0762 e. The quantitative estimate of drug-likeness (QED) is 0.754. The van der Waals surface area contributed by atoms with Gasteiger partial charge in [-0.25, -0.2) is 0 Å². The molecule has 2 aromatic heterocycles. The maximum atomic E-state index is 4.30. The number of allylic oxidation sites excluding steroid dienone is 1. The molecule has 0 aromatic carbocycles. The van der Waals surface area contributed by atoms with Gasteiger partial charge in [0.25, 0.3) is 0 Å². The van der Waals surface area contributed by atoms with Crippen LogP contribution in [0, 0.1) is 6.92 Å². The topological polar surface area (TPSA) is 17.8 Å². The Morgan fingerprint density at radius 3 is 2.87 bits per heavy atom. The highest BCUT2D eigenvalue weighted by Gasteiger charge is 2.11. The molecule has 2 heterocycles. The van der Waals surface area contributed by atoms with Crippen molar-refractivity contribution in [3.63, 3.8) is 0 Å². The minimum atomic E-state index is 1.18. The zero-order chi connectivity index (χ0) is 10.8. The Balaban J connectivity index is 2.61. The summed E-state index contributed by atoms with van der Waals surface area (Å²) < 4.78 is 1.93. The van der Waals surface area contributed by atoms with Crippen LogP contribution in [0.25, 0.3) is 17.3 Å². The molecule has 0 amide bonds. The number of aryl methyl sites for hydroxylation is 2. The van der Waals surface area contributed by atoms with Crippen LogP contribution in [0.15, 0.2) is 23.7 Å². The van der Waals surface area contributed by atoms with Crippen LogP contribution >= 0.6 is 11.3 Å². The molecule has 2 aromatic rings. The molecule has 0 unspecified atom stereocenters. The van der Waals surface area contributed by atoms with Crippen molar-refractivity contribution in [2.75, 3.05) is 0 Å². The number of aromatic nitrogens is 2. The number of rotatable bonds is 2. The number of thiophene rings is 1. The Morgan fingerprint density at radius 2 is 2.27 bits per heavy atom. The third-order valence-corrected chi connectivity index (χ3v) is 3.27. The molecule has 78 valence electrons. The summed E-state index contributed by atoms with van der Waals surface area (Å²) in [6.45, 7) is 4.17. The van der Waals surface area contributed by atoms with Crippen molar-refractivity contribution in [1.82, 2.24) is 9.78 Å². The van der Waals surface area contributed by atoms with Gasteiger partial charge >= 0.3 is 0 Å². The first-order valence-corrected chi connectivity index (χ1v) is 5.81. The SMILES string of the molecule is C/C=C/c1cnn(C)c1-c1ccsc1C. The van der Waals surface area contributed by atoms with Crippen LogP contribution in [0.3, 0.4) is 0 Å². The average Bonchev–Trinajstić information content (AvgIpc) is 2.75. The Morgan fingerprint density at radius 1 is 1.47 bits per heavy atom. The van der Waals surface area contributed by atoms with Gasteiger partial charge in [-0.1, -0.05) is 12.2 Å². The Kier molecular flexibility index (Phi) is 2.73. The van der Waals surface area contributed by atoms with Crippen LogP contribution in [0.5, 0.6) is 0 Å². The van der Waals surface area contributed by atoms with E-state index in [0.29, 0.717) is 0 Å².